The molecule has 0 fully saturated rings. The predicted molar refractivity (Wildman–Crippen MR) is 192 cm³/mol. The van der Waals surface area contributed by atoms with Crippen LogP contribution in [0.25, 0.3) is 38.5 Å². The van der Waals surface area contributed by atoms with Gasteiger partial charge < -0.3 is 4.90 Å². The van der Waals surface area contributed by atoms with Gasteiger partial charge in [0.1, 0.15) is 0 Å². The fourth-order valence-corrected chi connectivity index (χ4v) is 8.34. The molecule has 3 nitrogen and oxygen atoms in total. The summed E-state index contributed by atoms with van der Waals surface area (Å²) >= 11 is 0. The van der Waals surface area contributed by atoms with Gasteiger partial charge in [0.05, 0.1) is 17.3 Å². The summed E-state index contributed by atoms with van der Waals surface area (Å²) in [6.07, 6.45) is 13.6. The van der Waals surface area contributed by atoms with Crippen LogP contribution in [0.4, 0.5) is 5.69 Å². The molecule has 2 aliphatic rings. The zero-order chi connectivity index (χ0) is 31.1. The van der Waals surface area contributed by atoms with E-state index in [4.69, 9.17) is 4.99 Å². The van der Waals surface area contributed by atoms with E-state index >= 15 is 0 Å². The fraction of sp³-hybridized carbons (Fsp3) is 0.333. The van der Waals surface area contributed by atoms with E-state index in [-0.39, 0.29) is 11.6 Å². The minimum atomic E-state index is 0.101. The number of unbranched alkanes of at least 4 members (excludes halogenated alkanes) is 1. The van der Waals surface area contributed by atoms with Gasteiger partial charge in [-0.05, 0) is 83.1 Å². The Bertz CT molecular complexity index is 1940. The van der Waals surface area contributed by atoms with Crippen LogP contribution in [-0.4, -0.2) is 12.3 Å². The lowest BCUT2D eigenvalue weighted by Gasteiger charge is -2.40. The van der Waals surface area contributed by atoms with Crippen LogP contribution in [0.15, 0.2) is 102 Å². The molecule has 3 heterocycles. The van der Waals surface area contributed by atoms with Crippen molar-refractivity contribution >= 4 is 39.1 Å². The van der Waals surface area contributed by atoms with Crippen molar-refractivity contribution < 1.29 is 4.57 Å². The monoisotopic (exact) mass is 592 g/mol. The van der Waals surface area contributed by atoms with Crippen molar-refractivity contribution in [2.45, 2.75) is 90.6 Å². The topological polar surface area (TPSA) is 19.5 Å². The molecule has 0 saturated carbocycles. The predicted octanol–water partition coefficient (Wildman–Crippen LogP) is 10.6. The first kappa shape index (κ1) is 29.5. The van der Waals surface area contributed by atoms with Crippen LogP contribution >= 0.6 is 0 Å². The van der Waals surface area contributed by atoms with Crippen molar-refractivity contribution in [3.8, 4) is 11.3 Å². The third-order valence-electron chi connectivity index (χ3n) is 10.7. The van der Waals surface area contributed by atoms with E-state index in [1.54, 1.807) is 0 Å². The molecule has 0 radical (unpaired) electrons. The number of pyridine rings is 1. The molecule has 2 unspecified atom stereocenters. The Labute approximate surface area is 268 Å². The highest BCUT2D eigenvalue weighted by atomic mass is 15.2. The summed E-state index contributed by atoms with van der Waals surface area (Å²) in [5, 5.41) is 5.07. The first-order chi connectivity index (χ1) is 22.0. The second-order valence-electron chi connectivity index (χ2n) is 13.1. The standard InChI is InChI=1S/C42H46N3/c1-6-10-15-30-19-21-35-32(24-30)25-31-16-11-12-17-34(31)41(35)39-28-44(29(5)27-43-39)33-20-22-36-37(26-33)40-18-13-14-23-45(40)42(8-3,9-4)38(36)7-2/h11-14,16-29,38H,6-10,15H2,1-5H3/q+1. The van der Waals surface area contributed by atoms with Gasteiger partial charge in [-0.2, -0.15) is 4.57 Å². The number of aliphatic imine (C=N–C) groups is 1. The Balaban J connectivity index is 1.37. The summed E-state index contributed by atoms with van der Waals surface area (Å²) < 4.78 is 2.59. The van der Waals surface area contributed by atoms with Gasteiger partial charge in [-0.1, -0.05) is 82.6 Å². The molecular formula is C42H46N3+. The van der Waals surface area contributed by atoms with E-state index in [0.29, 0.717) is 5.92 Å². The average molecular weight is 593 g/mol. The number of fused-ring (bicyclic) bond motifs is 5. The number of rotatable bonds is 8. The summed E-state index contributed by atoms with van der Waals surface area (Å²) in [7, 11) is 0. The minimum absolute atomic E-state index is 0.101. The summed E-state index contributed by atoms with van der Waals surface area (Å²) in [4.78, 5) is 7.53. The minimum Gasteiger partial charge on any atom is -0.338 e. The highest BCUT2D eigenvalue weighted by molar-refractivity contribution is 6.10. The molecule has 45 heavy (non-hydrogen) atoms. The van der Waals surface area contributed by atoms with Crippen LogP contribution in [0.3, 0.4) is 0 Å². The molecule has 0 amide bonds. The van der Waals surface area contributed by atoms with Crippen molar-refractivity contribution in [1.82, 2.24) is 0 Å². The average Bonchev–Trinajstić information content (AvgIpc) is 3.09. The van der Waals surface area contributed by atoms with E-state index in [1.165, 1.54) is 68.0 Å². The maximum Gasteiger partial charge on any atom is 0.213 e. The van der Waals surface area contributed by atoms with Crippen LogP contribution in [0.2, 0.25) is 0 Å². The second kappa shape index (κ2) is 11.9. The first-order valence-electron chi connectivity index (χ1n) is 17.2. The summed E-state index contributed by atoms with van der Waals surface area (Å²) in [6, 6.07) is 32.2. The zero-order valence-corrected chi connectivity index (χ0v) is 27.6. The van der Waals surface area contributed by atoms with E-state index in [2.05, 4.69) is 148 Å². The number of nitrogens with zero attached hydrogens (tertiary/aromatic N) is 3. The lowest BCUT2D eigenvalue weighted by molar-refractivity contribution is -0.762. The van der Waals surface area contributed by atoms with Gasteiger partial charge in [-0.25, -0.2) is 0 Å². The van der Waals surface area contributed by atoms with Crippen LogP contribution in [0.1, 0.15) is 89.3 Å². The first-order valence-corrected chi connectivity index (χ1v) is 17.2. The van der Waals surface area contributed by atoms with Crippen LogP contribution in [0, 0.1) is 0 Å². The van der Waals surface area contributed by atoms with Crippen molar-refractivity contribution in [1.29, 1.82) is 0 Å². The van der Waals surface area contributed by atoms with E-state index in [1.807, 2.05) is 0 Å². The highest BCUT2D eigenvalue weighted by Gasteiger charge is 2.50. The van der Waals surface area contributed by atoms with Gasteiger partial charge >= 0.3 is 0 Å². The molecule has 228 valence electrons. The number of anilines is 1. The van der Waals surface area contributed by atoms with Gasteiger partial charge in [-0.3, -0.25) is 4.99 Å². The van der Waals surface area contributed by atoms with Gasteiger partial charge in [0.25, 0.3) is 0 Å². The third-order valence-corrected chi connectivity index (χ3v) is 10.7. The summed E-state index contributed by atoms with van der Waals surface area (Å²) in [5.41, 5.74) is 9.13. The van der Waals surface area contributed by atoms with Crippen LogP contribution < -0.4 is 9.47 Å². The lowest BCUT2D eigenvalue weighted by Crippen LogP contribution is -2.62. The number of hydrogen-bond acceptors (Lipinski definition) is 2. The molecule has 3 heteroatoms. The van der Waals surface area contributed by atoms with Crippen LogP contribution in [-0.2, 0) is 12.0 Å². The Morgan fingerprint density at radius 2 is 1.62 bits per heavy atom. The molecule has 4 aromatic carbocycles. The normalized spacial score (nSPS) is 18.6. The number of aromatic nitrogens is 1. The van der Waals surface area contributed by atoms with E-state index in [9.17, 15) is 0 Å². The maximum absolute atomic E-state index is 5.11. The number of benzene rings is 4. The molecule has 0 aliphatic carbocycles. The van der Waals surface area contributed by atoms with E-state index in [0.717, 1.165) is 31.4 Å². The molecule has 0 saturated heterocycles. The maximum atomic E-state index is 5.11. The molecule has 1 aromatic heterocycles. The zero-order valence-electron chi connectivity index (χ0n) is 27.6. The van der Waals surface area contributed by atoms with Crippen molar-refractivity contribution in [3.05, 3.63) is 114 Å². The summed E-state index contributed by atoms with van der Waals surface area (Å²) in [6.45, 7) is 11.6. The van der Waals surface area contributed by atoms with E-state index < -0.39 is 0 Å². The SMILES string of the molecule is CCCCc1ccc2c(C3=CN(c4ccc5c(c4)-c4cccc[n+]4C(CC)(CC)C5CC)C(C)C=N3)c3ccccc3cc2c1. The quantitative estimate of drug-likeness (QED) is 0.130. The second-order valence-corrected chi connectivity index (χ2v) is 13.1. The molecule has 2 aliphatic heterocycles. The molecule has 5 aromatic rings. The van der Waals surface area contributed by atoms with Gasteiger partial charge in [-0.15, -0.1) is 0 Å². The Hall–Kier alpha value is -4.24. The van der Waals surface area contributed by atoms with Crippen molar-refractivity contribution in [3.63, 3.8) is 0 Å². The molecule has 2 atom stereocenters. The van der Waals surface area contributed by atoms with Crippen molar-refractivity contribution in [2.24, 2.45) is 4.99 Å². The Morgan fingerprint density at radius 3 is 2.42 bits per heavy atom. The molecule has 0 spiro atoms. The molecular weight excluding hydrogens is 546 g/mol. The molecule has 0 N–H and O–H groups in total. The largest absolute Gasteiger partial charge is 0.338 e. The third kappa shape index (κ3) is 4.79. The highest BCUT2D eigenvalue weighted by Crippen LogP contribution is 2.48. The summed E-state index contributed by atoms with van der Waals surface area (Å²) in [5.74, 6) is 0.479. The van der Waals surface area contributed by atoms with Gasteiger partial charge in [0.15, 0.2) is 11.7 Å². The fourth-order valence-electron chi connectivity index (χ4n) is 8.34. The van der Waals surface area contributed by atoms with Gasteiger partial charge in [0.2, 0.25) is 5.69 Å². The Kier molecular flexibility index (Phi) is 7.81. The number of aryl methyl sites for hydroxylation is 1. The molecule has 7 rings (SSSR count). The lowest BCUT2D eigenvalue weighted by atomic mass is 9.69. The smallest absolute Gasteiger partial charge is 0.213 e. The van der Waals surface area contributed by atoms with Crippen molar-refractivity contribution in [2.75, 3.05) is 4.90 Å². The Morgan fingerprint density at radius 1 is 0.822 bits per heavy atom. The molecule has 0 bridgehead atoms. The number of hydrogen-bond donors (Lipinski definition) is 0. The van der Waals surface area contributed by atoms with Crippen LogP contribution in [0.5, 0.6) is 0 Å². The van der Waals surface area contributed by atoms with Gasteiger partial charge in [0, 0.05) is 54.6 Å².